The lowest BCUT2D eigenvalue weighted by molar-refractivity contribution is -0.245. The topological polar surface area (TPSA) is 199 Å². The van der Waals surface area contributed by atoms with Gasteiger partial charge in [0.1, 0.15) is 17.1 Å². The molecule has 0 saturated carbocycles. The van der Waals surface area contributed by atoms with E-state index in [1.165, 1.54) is 23.9 Å². The third-order valence-electron chi connectivity index (χ3n) is 12.8. The molecule has 3 N–H and O–H groups in total. The molecular weight excluding hydrogens is 1130 g/mol. The molecule has 0 atom stereocenters. The maximum absolute atomic E-state index is 15.8. The number of benzene rings is 6. The maximum Gasteiger partial charge on any atom is 0.450 e. The van der Waals surface area contributed by atoms with Gasteiger partial charge in [-0.3, -0.25) is 4.79 Å². The Bertz CT molecular complexity index is 3770. The number of hydrogen-bond acceptors (Lipinski definition) is 12. The van der Waals surface area contributed by atoms with E-state index in [0.717, 1.165) is 70.0 Å². The number of thioether (sulfide) groups is 1. The Balaban J connectivity index is 1.28. The van der Waals surface area contributed by atoms with E-state index in [1.54, 1.807) is 36.4 Å². The standard InChI is InChI=1S/C57H59F6N3O10S4/c1-7-39-14-10-13-37(6)53(39)64-42-22-26-45-48(33-42)75-49-34-43(65-54-40(31-35(2)3)15-11-16-41(54)32-36(4)5)23-27-46(49)52(45)47-17-8-9-18-50(47)78(69,70)66-79(71,72)56(60,61)55(58,59)57(62,63)80(73,74)76-44-24-20-38(21-25-44)28-30-77-29-12-19-51(67)68/h8-11,13-18,20-27,33-36,64,66H,7,12,19,28-32H2,1-6H3,(H,67,68)/b65-43-. The van der Waals surface area contributed by atoms with Crippen molar-refractivity contribution in [3.63, 3.8) is 0 Å². The van der Waals surface area contributed by atoms with Crippen LogP contribution < -0.4 is 19.0 Å². The molecule has 1 heterocycles. The van der Waals surface area contributed by atoms with E-state index in [9.17, 15) is 30.0 Å². The predicted molar refractivity (Wildman–Crippen MR) is 299 cm³/mol. The minimum Gasteiger partial charge on any atom is -0.481 e. The summed E-state index contributed by atoms with van der Waals surface area (Å²) in [6.45, 7) is 12.2. The van der Waals surface area contributed by atoms with Crippen LogP contribution in [-0.4, -0.2) is 64.3 Å². The molecular formula is C57H59F6N3O10S4. The zero-order valence-electron chi connectivity index (χ0n) is 44.3. The monoisotopic (exact) mass is 1190 g/mol. The van der Waals surface area contributed by atoms with Crippen LogP contribution in [-0.2, 0) is 60.6 Å². The fraction of sp³-hybridized carbons (Fsp3) is 0.333. The normalized spacial score (nSPS) is 13.2. The van der Waals surface area contributed by atoms with Crippen LogP contribution in [0.4, 0.5) is 43.4 Å². The fourth-order valence-corrected chi connectivity index (χ4v) is 14.0. The molecule has 1 aliphatic carbocycles. The van der Waals surface area contributed by atoms with Crippen LogP contribution in [0, 0.1) is 18.8 Å². The highest BCUT2D eigenvalue weighted by molar-refractivity contribution is 8.05. The van der Waals surface area contributed by atoms with Crippen LogP contribution in [0.15, 0.2) is 136 Å². The Morgan fingerprint density at radius 1 is 0.738 bits per heavy atom. The summed E-state index contributed by atoms with van der Waals surface area (Å²) in [6, 6.07) is 29.6. The van der Waals surface area contributed by atoms with E-state index in [4.69, 9.17) is 14.5 Å². The molecule has 0 fully saturated rings. The molecule has 23 heteroatoms. The highest BCUT2D eigenvalue weighted by atomic mass is 32.3. The zero-order chi connectivity index (χ0) is 58.6. The number of halogens is 6. The summed E-state index contributed by atoms with van der Waals surface area (Å²) in [5.74, 6) is -7.80. The molecule has 0 bridgehead atoms. The van der Waals surface area contributed by atoms with Gasteiger partial charge in [-0.2, -0.15) is 46.5 Å². The Kier molecular flexibility index (Phi) is 18.6. The highest BCUT2D eigenvalue weighted by Crippen LogP contribution is 2.52. The minimum atomic E-state index is -7.54. The molecule has 1 aliphatic heterocycles. The van der Waals surface area contributed by atoms with Gasteiger partial charge in [0.25, 0.3) is 20.0 Å². The molecule has 13 nitrogen and oxygen atoms in total. The number of fused-ring (bicyclic) bond motifs is 2. The molecule has 0 amide bonds. The molecule has 0 saturated heterocycles. The lowest BCUT2D eigenvalue weighted by atomic mass is 9.93. The van der Waals surface area contributed by atoms with Crippen molar-refractivity contribution >= 4 is 75.9 Å². The van der Waals surface area contributed by atoms with E-state index in [2.05, 4.69) is 37.2 Å². The number of nitrogens with one attached hydrogen (secondary N) is 2. The van der Waals surface area contributed by atoms with Gasteiger partial charge in [-0.05, 0) is 133 Å². The van der Waals surface area contributed by atoms with E-state index >= 15 is 26.3 Å². The molecule has 428 valence electrons. The van der Waals surface area contributed by atoms with Crippen LogP contribution >= 0.6 is 11.8 Å². The first-order valence-corrected chi connectivity index (χ1v) is 30.9. The summed E-state index contributed by atoms with van der Waals surface area (Å²) in [4.78, 5) is 14.7. The van der Waals surface area contributed by atoms with E-state index in [0.29, 0.717) is 64.3 Å². The van der Waals surface area contributed by atoms with Crippen molar-refractivity contribution in [3.8, 4) is 28.2 Å². The van der Waals surface area contributed by atoms with Crippen molar-refractivity contribution < 1.29 is 70.1 Å². The van der Waals surface area contributed by atoms with Gasteiger partial charge in [-0.15, -0.1) is 0 Å². The Labute approximate surface area is 465 Å². The minimum absolute atomic E-state index is 0.0235. The smallest absolute Gasteiger partial charge is 0.450 e. The molecule has 7 rings (SSSR count). The largest absolute Gasteiger partial charge is 0.481 e. The van der Waals surface area contributed by atoms with Crippen molar-refractivity contribution in [2.45, 2.75) is 101 Å². The maximum atomic E-state index is 15.8. The van der Waals surface area contributed by atoms with Gasteiger partial charge in [-0.1, -0.05) is 105 Å². The summed E-state index contributed by atoms with van der Waals surface area (Å²) in [5, 5.41) is -1.39. The van der Waals surface area contributed by atoms with Crippen molar-refractivity contribution in [2.24, 2.45) is 16.8 Å². The van der Waals surface area contributed by atoms with Crippen molar-refractivity contribution in [1.82, 2.24) is 4.13 Å². The molecule has 5 aromatic rings. The van der Waals surface area contributed by atoms with E-state index < -0.39 is 63.2 Å². The first kappa shape index (κ1) is 61.2. The van der Waals surface area contributed by atoms with Crippen LogP contribution in [0.3, 0.4) is 0 Å². The van der Waals surface area contributed by atoms with Crippen LogP contribution in [0.1, 0.15) is 75.3 Å². The SMILES string of the molecule is CCc1cccc(C)c1Nc1ccc2c(-c3ccccc3S(=O)(=O)NS(=O)(=O)C(F)(F)C(F)(F)C(F)(F)S(=O)(=O)Oc3ccc(CCSCCCC(=O)O)cc3)c3cc/c(=N/c4c(CC(C)C)cccc4CC(C)C)cc-3oc2c1. The number of nitrogens with zero attached hydrogens (tertiary/aromatic N) is 1. The number of carboxylic acid groups (broad SMARTS) is 1. The van der Waals surface area contributed by atoms with Gasteiger partial charge in [0.15, 0.2) is 0 Å². The number of sulfonamides is 2. The number of rotatable bonds is 25. The van der Waals surface area contributed by atoms with Crippen LogP contribution in [0.25, 0.3) is 33.4 Å². The molecule has 0 aromatic heterocycles. The number of para-hydroxylation sites is 2. The number of anilines is 2. The Morgan fingerprint density at radius 2 is 1.38 bits per heavy atom. The molecule has 80 heavy (non-hydrogen) atoms. The summed E-state index contributed by atoms with van der Waals surface area (Å²) >= 11 is 1.38. The van der Waals surface area contributed by atoms with Crippen molar-refractivity contribution in [1.29, 1.82) is 0 Å². The second kappa shape index (κ2) is 24.4. The number of carbonyl (C=O) groups is 1. The van der Waals surface area contributed by atoms with Crippen molar-refractivity contribution in [2.75, 3.05) is 16.8 Å². The second-order valence-electron chi connectivity index (χ2n) is 19.9. The number of alkyl halides is 6. The first-order valence-electron chi connectivity index (χ1n) is 25.3. The van der Waals surface area contributed by atoms with E-state index in [1.807, 2.05) is 50.2 Å². The van der Waals surface area contributed by atoms with Gasteiger partial charge in [0.2, 0.25) is 0 Å². The van der Waals surface area contributed by atoms with Crippen molar-refractivity contribution in [3.05, 3.63) is 155 Å². The van der Waals surface area contributed by atoms with Gasteiger partial charge < -0.3 is 19.0 Å². The Morgan fingerprint density at radius 3 is 2.01 bits per heavy atom. The van der Waals surface area contributed by atoms with Crippen LogP contribution in [0.2, 0.25) is 0 Å². The first-order chi connectivity index (χ1) is 37.5. The molecule has 5 aromatic carbocycles. The fourth-order valence-electron chi connectivity index (χ4n) is 8.94. The molecule has 0 spiro atoms. The summed E-state index contributed by atoms with van der Waals surface area (Å²) in [5.41, 5.74) is 6.40. The highest BCUT2D eigenvalue weighted by Gasteiger charge is 2.83. The van der Waals surface area contributed by atoms with Gasteiger partial charge >= 0.3 is 32.5 Å². The molecule has 2 aliphatic rings. The zero-order valence-corrected chi connectivity index (χ0v) is 47.6. The average molecular weight is 1190 g/mol. The average Bonchev–Trinajstić information content (AvgIpc) is 3.47. The quantitative estimate of drug-likeness (QED) is 0.0212. The lowest BCUT2D eigenvalue weighted by Gasteiger charge is -2.31. The van der Waals surface area contributed by atoms with Gasteiger partial charge in [0.05, 0.1) is 15.9 Å². The second-order valence-corrected chi connectivity index (χ2v) is 26.4. The summed E-state index contributed by atoms with van der Waals surface area (Å²) < 4.78 is 186. The number of hydrogen-bond donors (Lipinski definition) is 3. The number of aryl methyl sites for hydroxylation is 3. The lowest BCUT2D eigenvalue weighted by Crippen LogP contribution is -2.63. The van der Waals surface area contributed by atoms with E-state index in [-0.39, 0.29) is 51.7 Å². The number of carboxylic acids is 1. The number of aliphatic carboxylic acids is 1. The molecule has 0 unspecified atom stereocenters. The third kappa shape index (κ3) is 13.2. The van der Waals surface area contributed by atoms with Gasteiger partial charge in [-0.25, -0.2) is 21.8 Å². The summed E-state index contributed by atoms with van der Waals surface area (Å²) in [7, 11) is -20.8. The third-order valence-corrected chi connectivity index (χ3v) is 18.8. The van der Waals surface area contributed by atoms with Crippen LogP contribution in [0.5, 0.6) is 5.75 Å². The summed E-state index contributed by atoms with van der Waals surface area (Å²) in [6.07, 6.45) is 2.73. The Hall–Kier alpha value is -6.40. The molecule has 0 radical (unpaired) electrons. The predicted octanol–water partition coefficient (Wildman–Crippen LogP) is 13.4. The van der Waals surface area contributed by atoms with Gasteiger partial charge in [0, 0.05) is 52.0 Å².